The van der Waals surface area contributed by atoms with E-state index < -0.39 is 0 Å². The van der Waals surface area contributed by atoms with Gasteiger partial charge in [0.1, 0.15) is 12.1 Å². The second kappa shape index (κ2) is 7.12. The molecule has 24 heavy (non-hydrogen) atoms. The lowest BCUT2D eigenvalue weighted by molar-refractivity contribution is 0.841. The molecule has 0 aliphatic carbocycles. The van der Waals surface area contributed by atoms with Gasteiger partial charge < -0.3 is 9.88 Å². The molecule has 2 N–H and O–H groups in total. The molecule has 0 saturated heterocycles. The monoisotopic (exact) mass is 322 g/mol. The summed E-state index contributed by atoms with van der Waals surface area (Å²) in [5.41, 5.74) is 6.39. The van der Waals surface area contributed by atoms with Crippen molar-refractivity contribution in [3.8, 4) is 0 Å². The molecule has 6 heteroatoms. The van der Waals surface area contributed by atoms with E-state index in [1.54, 1.807) is 12.5 Å². The molecule has 2 aromatic heterocycles. The molecule has 3 rings (SSSR count). The van der Waals surface area contributed by atoms with Crippen molar-refractivity contribution in [3.05, 3.63) is 47.9 Å². The lowest BCUT2D eigenvalue weighted by Gasteiger charge is -2.19. The summed E-state index contributed by atoms with van der Waals surface area (Å²) < 4.78 is 0. The standard InChI is InChI=1S/C18H22N6/c1-4-24(5-2)17-9-16(20-12-21-17)23-22-11-14-10-19-18-13(3)7-6-8-15(14)18/h6-12,19H,4-5H2,1-3H3,(H,20,21,23)/b22-11+. The molecule has 0 fully saturated rings. The topological polar surface area (TPSA) is 69.2 Å². The average Bonchev–Trinajstić information content (AvgIpc) is 3.01. The van der Waals surface area contributed by atoms with E-state index in [0.29, 0.717) is 5.82 Å². The summed E-state index contributed by atoms with van der Waals surface area (Å²) in [5.74, 6) is 1.58. The van der Waals surface area contributed by atoms with Crippen molar-refractivity contribution < 1.29 is 0 Å². The summed E-state index contributed by atoms with van der Waals surface area (Å²) in [5, 5.41) is 5.47. The first-order valence-corrected chi connectivity index (χ1v) is 8.15. The predicted octanol–water partition coefficient (Wildman–Crippen LogP) is 3.56. The lowest BCUT2D eigenvalue weighted by Crippen LogP contribution is -2.23. The number of H-pyrrole nitrogens is 1. The maximum absolute atomic E-state index is 4.31. The molecule has 0 aliphatic heterocycles. The van der Waals surface area contributed by atoms with Gasteiger partial charge in [-0.2, -0.15) is 5.10 Å². The minimum atomic E-state index is 0.680. The van der Waals surface area contributed by atoms with Gasteiger partial charge in [-0.1, -0.05) is 18.2 Å². The summed E-state index contributed by atoms with van der Waals surface area (Å²) in [7, 11) is 0. The molecule has 0 amide bonds. The Labute approximate surface area is 141 Å². The van der Waals surface area contributed by atoms with Gasteiger partial charge in [0.15, 0.2) is 5.82 Å². The Bertz CT molecular complexity index is 848. The molecule has 0 radical (unpaired) electrons. The third-order valence-electron chi connectivity index (χ3n) is 4.08. The maximum Gasteiger partial charge on any atom is 0.151 e. The normalized spacial score (nSPS) is 11.3. The van der Waals surface area contributed by atoms with E-state index in [9.17, 15) is 0 Å². The van der Waals surface area contributed by atoms with Crippen molar-refractivity contribution in [2.24, 2.45) is 5.10 Å². The number of hydrogen-bond donors (Lipinski definition) is 2. The zero-order valence-electron chi connectivity index (χ0n) is 14.2. The molecule has 0 atom stereocenters. The van der Waals surface area contributed by atoms with Crippen LogP contribution in [0.5, 0.6) is 0 Å². The van der Waals surface area contributed by atoms with Crippen LogP contribution in [-0.4, -0.2) is 34.3 Å². The Morgan fingerprint density at radius 2 is 2.08 bits per heavy atom. The SMILES string of the molecule is CCN(CC)c1cc(N/N=C/c2c[nH]c3c(C)cccc23)ncn1. The zero-order valence-corrected chi connectivity index (χ0v) is 14.2. The van der Waals surface area contributed by atoms with E-state index in [1.807, 2.05) is 12.3 Å². The van der Waals surface area contributed by atoms with Gasteiger partial charge in [0, 0.05) is 41.8 Å². The fourth-order valence-corrected chi connectivity index (χ4v) is 2.73. The third-order valence-corrected chi connectivity index (χ3v) is 4.08. The van der Waals surface area contributed by atoms with Crippen LogP contribution >= 0.6 is 0 Å². The van der Waals surface area contributed by atoms with E-state index in [4.69, 9.17) is 0 Å². The highest BCUT2D eigenvalue weighted by molar-refractivity contribution is 6.00. The highest BCUT2D eigenvalue weighted by Crippen LogP contribution is 2.20. The minimum Gasteiger partial charge on any atom is -0.360 e. The largest absolute Gasteiger partial charge is 0.360 e. The molecular formula is C18H22N6. The average molecular weight is 322 g/mol. The van der Waals surface area contributed by atoms with Crippen LogP contribution < -0.4 is 10.3 Å². The van der Waals surface area contributed by atoms with Crippen LogP contribution in [0.3, 0.4) is 0 Å². The molecule has 0 saturated carbocycles. The Balaban J connectivity index is 1.76. The van der Waals surface area contributed by atoms with Gasteiger partial charge in [0.25, 0.3) is 0 Å². The number of aromatic nitrogens is 3. The summed E-state index contributed by atoms with van der Waals surface area (Å²) in [6.45, 7) is 8.12. The molecular weight excluding hydrogens is 300 g/mol. The smallest absolute Gasteiger partial charge is 0.151 e. The van der Waals surface area contributed by atoms with Crippen LogP contribution in [0.4, 0.5) is 11.6 Å². The number of aromatic amines is 1. The summed E-state index contributed by atoms with van der Waals surface area (Å²) in [6, 6.07) is 8.14. The van der Waals surface area contributed by atoms with Crippen molar-refractivity contribution in [2.45, 2.75) is 20.8 Å². The highest BCUT2D eigenvalue weighted by Gasteiger charge is 2.05. The summed E-state index contributed by atoms with van der Waals surface area (Å²) >= 11 is 0. The molecule has 0 bridgehead atoms. The van der Waals surface area contributed by atoms with Crippen molar-refractivity contribution >= 4 is 28.8 Å². The molecule has 124 valence electrons. The van der Waals surface area contributed by atoms with Crippen LogP contribution in [0, 0.1) is 6.92 Å². The number of hydrazone groups is 1. The molecule has 2 heterocycles. The second-order valence-electron chi connectivity index (χ2n) is 5.55. The summed E-state index contributed by atoms with van der Waals surface area (Å²) in [4.78, 5) is 14.0. The highest BCUT2D eigenvalue weighted by atomic mass is 15.3. The molecule has 0 unspecified atom stereocenters. The van der Waals surface area contributed by atoms with Crippen LogP contribution in [0.1, 0.15) is 25.0 Å². The Morgan fingerprint density at radius 3 is 2.88 bits per heavy atom. The number of hydrogen-bond acceptors (Lipinski definition) is 5. The van der Waals surface area contributed by atoms with Gasteiger partial charge in [-0.25, -0.2) is 9.97 Å². The van der Waals surface area contributed by atoms with Crippen molar-refractivity contribution in [1.29, 1.82) is 0 Å². The van der Waals surface area contributed by atoms with E-state index >= 15 is 0 Å². The van der Waals surface area contributed by atoms with Crippen LogP contribution in [0.25, 0.3) is 10.9 Å². The number of rotatable bonds is 6. The van der Waals surface area contributed by atoms with Crippen LogP contribution in [0.15, 0.2) is 41.9 Å². The first-order chi connectivity index (χ1) is 11.7. The number of aryl methyl sites for hydroxylation is 1. The molecule has 6 nitrogen and oxygen atoms in total. The van der Waals surface area contributed by atoms with Crippen molar-refractivity contribution in [2.75, 3.05) is 23.4 Å². The number of fused-ring (bicyclic) bond motifs is 1. The van der Waals surface area contributed by atoms with Crippen molar-refractivity contribution in [3.63, 3.8) is 0 Å². The first-order valence-electron chi connectivity index (χ1n) is 8.15. The number of para-hydroxylation sites is 1. The quantitative estimate of drug-likeness (QED) is 0.538. The molecule has 0 aliphatic rings. The third kappa shape index (κ3) is 3.22. The fourth-order valence-electron chi connectivity index (χ4n) is 2.73. The van der Waals surface area contributed by atoms with Crippen LogP contribution in [-0.2, 0) is 0 Å². The fraction of sp³-hybridized carbons (Fsp3) is 0.278. The van der Waals surface area contributed by atoms with Gasteiger partial charge in [-0.3, -0.25) is 5.43 Å². The van der Waals surface area contributed by atoms with Gasteiger partial charge in [-0.15, -0.1) is 0 Å². The first kappa shape index (κ1) is 16.0. The second-order valence-corrected chi connectivity index (χ2v) is 5.55. The van der Waals surface area contributed by atoms with E-state index in [0.717, 1.165) is 35.4 Å². The number of nitrogens with zero attached hydrogens (tertiary/aromatic N) is 4. The molecule has 0 spiro atoms. The Hall–Kier alpha value is -2.89. The number of nitrogens with one attached hydrogen (secondary N) is 2. The zero-order chi connectivity index (χ0) is 16.9. The predicted molar refractivity (Wildman–Crippen MR) is 99.8 cm³/mol. The van der Waals surface area contributed by atoms with Gasteiger partial charge in [0.2, 0.25) is 0 Å². The lowest BCUT2D eigenvalue weighted by atomic mass is 10.1. The van der Waals surface area contributed by atoms with E-state index in [1.165, 1.54) is 5.56 Å². The number of anilines is 2. The minimum absolute atomic E-state index is 0.680. The van der Waals surface area contributed by atoms with Gasteiger partial charge in [0.05, 0.1) is 6.21 Å². The van der Waals surface area contributed by atoms with E-state index in [2.05, 4.69) is 69.3 Å². The maximum atomic E-state index is 4.31. The number of benzene rings is 1. The Kier molecular flexibility index (Phi) is 4.74. The van der Waals surface area contributed by atoms with Crippen LogP contribution in [0.2, 0.25) is 0 Å². The van der Waals surface area contributed by atoms with Gasteiger partial charge >= 0.3 is 0 Å². The summed E-state index contributed by atoms with van der Waals surface area (Å²) in [6.07, 6.45) is 5.32. The molecule has 3 aromatic rings. The van der Waals surface area contributed by atoms with E-state index in [-0.39, 0.29) is 0 Å². The van der Waals surface area contributed by atoms with Gasteiger partial charge in [-0.05, 0) is 26.3 Å². The Morgan fingerprint density at radius 1 is 1.25 bits per heavy atom. The molecule has 1 aromatic carbocycles. The van der Waals surface area contributed by atoms with Crippen molar-refractivity contribution in [1.82, 2.24) is 15.0 Å².